The fourth-order valence-corrected chi connectivity index (χ4v) is 3.78. The molecule has 0 saturated carbocycles. The maximum atomic E-state index is 12.6. The third-order valence-electron chi connectivity index (χ3n) is 5.12. The maximum Gasteiger partial charge on any atom is 0.262 e. The predicted molar refractivity (Wildman–Crippen MR) is 104 cm³/mol. The number of aryl methyl sites for hydroxylation is 2. The summed E-state index contributed by atoms with van der Waals surface area (Å²) in [5.74, 6) is 0.302. The molecule has 2 aromatic rings. The van der Waals surface area contributed by atoms with Gasteiger partial charge in [-0.15, -0.1) is 0 Å². The van der Waals surface area contributed by atoms with E-state index >= 15 is 0 Å². The van der Waals surface area contributed by atoms with Crippen LogP contribution < -0.4 is 20.3 Å². The summed E-state index contributed by atoms with van der Waals surface area (Å²) >= 11 is 0. The minimum absolute atomic E-state index is 0.111. The van der Waals surface area contributed by atoms with Crippen LogP contribution in [0.3, 0.4) is 0 Å². The summed E-state index contributed by atoms with van der Waals surface area (Å²) in [5.41, 5.74) is 4.35. The lowest BCUT2D eigenvalue weighted by atomic mass is 10.1. The van der Waals surface area contributed by atoms with Crippen LogP contribution in [0.4, 0.5) is 11.4 Å². The molecule has 0 aromatic heterocycles. The second kappa shape index (κ2) is 7.31. The average Bonchev–Trinajstić information content (AvgIpc) is 3.15. The summed E-state index contributed by atoms with van der Waals surface area (Å²) in [6.45, 7) is 0.485. The average molecular weight is 365 g/mol. The first-order valence-corrected chi connectivity index (χ1v) is 9.28. The van der Waals surface area contributed by atoms with Crippen molar-refractivity contribution in [2.24, 2.45) is 0 Å². The summed E-state index contributed by atoms with van der Waals surface area (Å²) in [6, 6.07) is 13.6. The number of rotatable bonds is 4. The number of anilines is 2. The van der Waals surface area contributed by atoms with E-state index in [0.29, 0.717) is 12.3 Å². The van der Waals surface area contributed by atoms with E-state index in [0.717, 1.165) is 24.2 Å². The maximum absolute atomic E-state index is 12.6. The molecule has 0 bridgehead atoms. The highest BCUT2D eigenvalue weighted by Crippen LogP contribution is 2.33. The number of likely N-dealkylation sites (N-methyl/N-ethyl adjacent to an activating group) is 1. The van der Waals surface area contributed by atoms with E-state index in [-0.39, 0.29) is 18.4 Å². The number of hydrogen-bond acceptors (Lipinski definition) is 4. The van der Waals surface area contributed by atoms with E-state index < -0.39 is 6.10 Å². The van der Waals surface area contributed by atoms with Crippen molar-refractivity contribution in [2.75, 3.05) is 30.4 Å². The molecule has 27 heavy (non-hydrogen) atoms. The molecule has 6 nitrogen and oxygen atoms in total. The number of nitrogens with one attached hydrogen (secondary N) is 2. The highest BCUT2D eigenvalue weighted by atomic mass is 16.5. The van der Waals surface area contributed by atoms with E-state index in [1.54, 1.807) is 7.05 Å². The van der Waals surface area contributed by atoms with E-state index in [1.165, 1.54) is 17.5 Å². The SMILES string of the molecule is CNC(=O)[C@H]1CN(CC(=O)Nc2ccc3c(c2)CCC3)c2ccccc2O1. The van der Waals surface area contributed by atoms with Crippen LogP contribution in [0.15, 0.2) is 42.5 Å². The van der Waals surface area contributed by atoms with Crippen molar-refractivity contribution in [3.63, 3.8) is 0 Å². The molecule has 0 fully saturated rings. The van der Waals surface area contributed by atoms with E-state index in [1.807, 2.05) is 35.2 Å². The number of carbonyl (C=O) groups excluding carboxylic acids is 2. The highest BCUT2D eigenvalue weighted by Gasteiger charge is 2.31. The summed E-state index contributed by atoms with van der Waals surface area (Å²) < 4.78 is 5.78. The molecule has 4 rings (SSSR count). The normalized spacial score (nSPS) is 17.5. The quantitative estimate of drug-likeness (QED) is 0.871. The fourth-order valence-electron chi connectivity index (χ4n) is 3.78. The number of benzene rings is 2. The predicted octanol–water partition coefficient (Wildman–Crippen LogP) is 2.13. The van der Waals surface area contributed by atoms with Crippen molar-refractivity contribution in [3.05, 3.63) is 53.6 Å². The second-order valence-corrected chi connectivity index (χ2v) is 6.95. The van der Waals surface area contributed by atoms with Crippen molar-refractivity contribution < 1.29 is 14.3 Å². The number of para-hydroxylation sites is 2. The smallest absolute Gasteiger partial charge is 0.262 e. The Hall–Kier alpha value is -3.02. The van der Waals surface area contributed by atoms with Gasteiger partial charge in [0.05, 0.1) is 18.8 Å². The van der Waals surface area contributed by atoms with Gasteiger partial charge in [0, 0.05) is 12.7 Å². The molecular weight excluding hydrogens is 342 g/mol. The minimum Gasteiger partial charge on any atom is -0.477 e. The second-order valence-electron chi connectivity index (χ2n) is 6.95. The molecule has 1 aliphatic heterocycles. The van der Waals surface area contributed by atoms with Gasteiger partial charge in [0.2, 0.25) is 5.91 Å². The molecule has 0 radical (unpaired) electrons. The van der Waals surface area contributed by atoms with Gasteiger partial charge in [-0.1, -0.05) is 18.2 Å². The first kappa shape index (κ1) is 17.4. The summed E-state index contributed by atoms with van der Waals surface area (Å²) in [4.78, 5) is 26.6. The van der Waals surface area contributed by atoms with Crippen LogP contribution in [-0.4, -0.2) is 38.1 Å². The van der Waals surface area contributed by atoms with Crippen LogP contribution in [0, 0.1) is 0 Å². The lowest BCUT2D eigenvalue weighted by Gasteiger charge is -2.35. The molecule has 2 N–H and O–H groups in total. The number of carbonyl (C=O) groups is 2. The van der Waals surface area contributed by atoms with Gasteiger partial charge < -0.3 is 20.3 Å². The Balaban J connectivity index is 1.48. The number of amides is 2. The number of hydrogen-bond donors (Lipinski definition) is 2. The van der Waals surface area contributed by atoms with Gasteiger partial charge in [-0.25, -0.2) is 0 Å². The molecule has 0 spiro atoms. The Labute approximate surface area is 158 Å². The third-order valence-corrected chi connectivity index (χ3v) is 5.12. The first-order valence-electron chi connectivity index (χ1n) is 9.28. The van der Waals surface area contributed by atoms with Crippen molar-refractivity contribution in [1.29, 1.82) is 0 Å². The molecule has 0 saturated heterocycles. The molecule has 6 heteroatoms. The number of ether oxygens (including phenoxy) is 1. The molecule has 2 aliphatic rings. The van der Waals surface area contributed by atoms with Crippen molar-refractivity contribution >= 4 is 23.2 Å². The highest BCUT2D eigenvalue weighted by molar-refractivity contribution is 5.95. The molecular formula is C21H23N3O3. The molecule has 140 valence electrons. The monoisotopic (exact) mass is 365 g/mol. The van der Waals surface area contributed by atoms with Crippen LogP contribution in [-0.2, 0) is 22.4 Å². The van der Waals surface area contributed by atoms with Crippen LogP contribution in [0.1, 0.15) is 17.5 Å². The van der Waals surface area contributed by atoms with Crippen LogP contribution in [0.25, 0.3) is 0 Å². The minimum atomic E-state index is -0.641. The van der Waals surface area contributed by atoms with Crippen LogP contribution in [0.2, 0.25) is 0 Å². The number of nitrogens with zero attached hydrogens (tertiary/aromatic N) is 1. The van der Waals surface area contributed by atoms with E-state index in [4.69, 9.17) is 4.74 Å². The van der Waals surface area contributed by atoms with Gasteiger partial charge in [-0.3, -0.25) is 9.59 Å². The largest absolute Gasteiger partial charge is 0.477 e. The van der Waals surface area contributed by atoms with Gasteiger partial charge in [-0.05, 0) is 54.7 Å². The van der Waals surface area contributed by atoms with Crippen molar-refractivity contribution in [2.45, 2.75) is 25.4 Å². The fraction of sp³-hybridized carbons (Fsp3) is 0.333. The first-order chi connectivity index (χ1) is 13.1. The van der Waals surface area contributed by atoms with Gasteiger partial charge >= 0.3 is 0 Å². The van der Waals surface area contributed by atoms with Crippen LogP contribution in [0.5, 0.6) is 5.75 Å². The lowest BCUT2D eigenvalue weighted by Crippen LogP contribution is -2.50. The Morgan fingerprint density at radius 3 is 2.81 bits per heavy atom. The topological polar surface area (TPSA) is 70.7 Å². The Kier molecular flexibility index (Phi) is 4.71. The van der Waals surface area contributed by atoms with Gasteiger partial charge in [0.15, 0.2) is 6.10 Å². The molecule has 1 aliphatic carbocycles. The molecule has 0 unspecified atom stereocenters. The Morgan fingerprint density at radius 2 is 1.96 bits per heavy atom. The zero-order chi connectivity index (χ0) is 18.8. The summed E-state index contributed by atoms with van der Waals surface area (Å²) in [5, 5.41) is 5.60. The third kappa shape index (κ3) is 3.60. The molecule has 2 aromatic carbocycles. The Morgan fingerprint density at radius 1 is 1.15 bits per heavy atom. The van der Waals surface area contributed by atoms with Gasteiger partial charge in [0.1, 0.15) is 5.75 Å². The van der Waals surface area contributed by atoms with E-state index in [9.17, 15) is 9.59 Å². The lowest BCUT2D eigenvalue weighted by molar-refractivity contribution is -0.127. The van der Waals surface area contributed by atoms with Crippen molar-refractivity contribution in [1.82, 2.24) is 5.32 Å². The number of fused-ring (bicyclic) bond motifs is 2. The Bertz CT molecular complexity index is 881. The standard InChI is InChI=1S/C21H23N3O3/c1-22-21(26)19-12-24(17-7-2-3-8-18(17)27-19)13-20(25)23-16-10-9-14-5-4-6-15(14)11-16/h2-3,7-11,19H,4-6,12-13H2,1H3,(H,22,26)(H,23,25)/t19-/m1/s1. The summed E-state index contributed by atoms with van der Waals surface area (Å²) in [7, 11) is 1.58. The van der Waals surface area contributed by atoms with Crippen LogP contribution >= 0.6 is 0 Å². The van der Waals surface area contributed by atoms with Crippen molar-refractivity contribution in [3.8, 4) is 5.75 Å². The van der Waals surface area contributed by atoms with Gasteiger partial charge in [0.25, 0.3) is 5.91 Å². The van der Waals surface area contributed by atoms with E-state index in [2.05, 4.69) is 22.8 Å². The van der Waals surface area contributed by atoms with Gasteiger partial charge in [-0.2, -0.15) is 0 Å². The summed E-state index contributed by atoms with van der Waals surface area (Å²) in [6.07, 6.45) is 2.73. The zero-order valence-corrected chi connectivity index (χ0v) is 15.3. The molecule has 1 heterocycles. The molecule has 1 atom stereocenters. The zero-order valence-electron chi connectivity index (χ0n) is 15.3. The molecule has 2 amide bonds.